The number of primary amides is 1. The molecule has 21 heavy (non-hydrogen) atoms. The Morgan fingerprint density at radius 2 is 1.90 bits per heavy atom. The van der Waals surface area contributed by atoms with Crippen molar-refractivity contribution in [2.24, 2.45) is 5.73 Å². The second-order valence-corrected chi connectivity index (χ2v) is 4.59. The van der Waals surface area contributed by atoms with E-state index < -0.39 is 11.9 Å². The summed E-state index contributed by atoms with van der Waals surface area (Å²) in [5, 5.41) is 9.07. The normalized spacial score (nSPS) is 10.1. The number of hydrogen-bond acceptors (Lipinski definition) is 3. The number of amides is 1. The summed E-state index contributed by atoms with van der Waals surface area (Å²) in [5.41, 5.74) is 7.19. The van der Waals surface area contributed by atoms with E-state index >= 15 is 0 Å². The van der Waals surface area contributed by atoms with Crippen LogP contribution < -0.4 is 10.5 Å². The van der Waals surface area contributed by atoms with Crippen LogP contribution in [-0.2, 0) is 6.61 Å². The Morgan fingerprint density at radius 1 is 1.19 bits per heavy atom. The lowest BCUT2D eigenvalue weighted by Gasteiger charge is -2.11. The standard InChI is InChI=1S/C16H15NO4/c1-10-13(16(19)20)6-3-7-14(10)21-9-11-4-2-5-12(8-11)15(17)18/h2-8H,9H2,1H3,(H2,17,18)(H,19,20). The van der Waals surface area contributed by atoms with Gasteiger partial charge < -0.3 is 15.6 Å². The summed E-state index contributed by atoms with van der Waals surface area (Å²) >= 11 is 0. The predicted molar refractivity (Wildman–Crippen MR) is 77.4 cm³/mol. The predicted octanol–water partition coefficient (Wildman–Crippen LogP) is 2.37. The van der Waals surface area contributed by atoms with Crippen LogP contribution >= 0.6 is 0 Å². The maximum absolute atomic E-state index is 11.1. The maximum Gasteiger partial charge on any atom is 0.336 e. The number of ether oxygens (including phenoxy) is 1. The molecule has 0 bridgehead atoms. The van der Waals surface area contributed by atoms with Gasteiger partial charge in [0.25, 0.3) is 0 Å². The lowest BCUT2D eigenvalue weighted by Crippen LogP contribution is -2.11. The topological polar surface area (TPSA) is 89.6 Å². The van der Waals surface area contributed by atoms with Crippen molar-refractivity contribution >= 4 is 11.9 Å². The van der Waals surface area contributed by atoms with Gasteiger partial charge in [-0.25, -0.2) is 4.79 Å². The van der Waals surface area contributed by atoms with E-state index in [1.54, 1.807) is 37.3 Å². The van der Waals surface area contributed by atoms with Crippen LogP contribution in [0.15, 0.2) is 42.5 Å². The lowest BCUT2D eigenvalue weighted by molar-refractivity contribution is 0.0695. The zero-order valence-electron chi connectivity index (χ0n) is 11.5. The molecule has 0 aliphatic carbocycles. The van der Waals surface area contributed by atoms with Crippen molar-refractivity contribution < 1.29 is 19.4 Å². The smallest absolute Gasteiger partial charge is 0.336 e. The summed E-state index contributed by atoms with van der Waals surface area (Å²) in [7, 11) is 0. The Kier molecular flexibility index (Phi) is 4.23. The molecule has 2 aromatic rings. The lowest BCUT2D eigenvalue weighted by atomic mass is 10.1. The van der Waals surface area contributed by atoms with Gasteiger partial charge in [0.1, 0.15) is 12.4 Å². The van der Waals surface area contributed by atoms with Crippen molar-refractivity contribution in [2.75, 3.05) is 0 Å². The zero-order chi connectivity index (χ0) is 15.4. The van der Waals surface area contributed by atoms with Gasteiger partial charge in [-0.1, -0.05) is 18.2 Å². The Balaban J connectivity index is 2.17. The van der Waals surface area contributed by atoms with Crippen LogP contribution in [0, 0.1) is 6.92 Å². The summed E-state index contributed by atoms with van der Waals surface area (Å²) < 4.78 is 5.63. The Bertz CT molecular complexity index is 694. The molecular weight excluding hydrogens is 270 g/mol. The van der Waals surface area contributed by atoms with E-state index in [1.807, 2.05) is 6.07 Å². The van der Waals surface area contributed by atoms with E-state index in [1.165, 1.54) is 6.07 Å². The minimum absolute atomic E-state index is 0.207. The van der Waals surface area contributed by atoms with Gasteiger partial charge in [0.05, 0.1) is 5.56 Å². The molecular formula is C16H15NO4. The molecule has 0 saturated heterocycles. The number of carbonyl (C=O) groups is 2. The number of rotatable bonds is 5. The SMILES string of the molecule is Cc1c(OCc2cccc(C(N)=O)c2)cccc1C(=O)O. The molecule has 0 radical (unpaired) electrons. The highest BCUT2D eigenvalue weighted by molar-refractivity contribution is 5.92. The third-order valence-corrected chi connectivity index (χ3v) is 3.12. The third-order valence-electron chi connectivity index (χ3n) is 3.12. The van der Waals surface area contributed by atoms with Gasteiger partial charge in [0.2, 0.25) is 5.91 Å². The van der Waals surface area contributed by atoms with E-state index in [4.69, 9.17) is 15.6 Å². The molecule has 0 saturated carbocycles. The van der Waals surface area contributed by atoms with Crippen LogP contribution in [0.2, 0.25) is 0 Å². The molecule has 2 rings (SSSR count). The van der Waals surface area contributed by atoms with Crippen LogP contribution in [-0.4, -0.2) is 17.0 Å². The number of aromatic carboxylic acids is 1. The molecule has 2 aromatic carbocycles. The maximum atomic E-state index is 11.1. The average Bonchev–Trinajstić information content (AvgIpc) is 2.46. The van der Waals surface area contributed by atoms with Crippen molar-refractivity contribution in [3.05, 3.63) is 64.7 Å². The molecule has 1 amide bonds. The van der Waals surface area contributed by atoms with Gasteiger partial charge in [-0.15, -0.1) is 0 Å². The Morgan fingerprint density at radius 3 is 2.57 bits per heavy atom. The molecule has 0 aliphatic rings. The van der Waals surface area contributed by atoms with E-state index in [9.17, 15) is 9.59 Å². The van der Waals surface area contributed by atoms with Crippen LogP contribution in [0.5, 0.6) is 5.75 Å². The molecule has 0 aromatic heterocycles. The van der Waals surface area contributed by atoms with Gasteiger partial charge in [-0.2, -0.15) is 0 Å². The Hall–Kier alpha value is -2.82. The highest BCUT2D eigenvalue weighted by Crippen LogP contribution is 2.22. The molecule has 0 aliphatic heterocycles. The van der Waals surface area contributed by atoms with Gasteiger partial charge in [0.15, 0.2) is 0 Å². The fourth-order valence-corrected chi connectivity index (χ4v) is 1.98. The second-order valence-electron chi connectivity index (χ2n) is 4.59. The zero-order valence-corrected chi connectivity index (χ0v) is 11.5. The monoisotopic (exact) mass is 285 g/mol. The first kappa shape index (κ1) is 14.6. The van der Waals surface area contributed by atoms with Crippen molar-refractivity contribution in [3.63, 3.8) is 0 Å². The molecule has 0 spiro atoms. The highest BCUT2D eigenvalue weighted by Gasteiger charge is 2.11. The summed E-state index contributed by atoms with van der Waals surface area (Å²) in [5.74, 6) is -0.992. The summed E-state index contributed by atoms with van der Waals surface area (Å²) in [6, 6.07) is 11.7. The molecule has 5 heteroatoms. The first-order valence-corrected chi connectivity index (χ1v) is 6.33. The number of carbonyl (C=O) groups excluding carboxylic acids is 1. The van der Waals surface area contributed by atoms with Crippen molar-refractivity contribution in [3.8, 4) is 5.75 Å². The number of hydrogen-bond donors (Lipinski definition) is 2. The van der Waals surface area contributed by atoms with Crippen LogP contribution in [0.3, 0.4) is 0 Å². The van der Waals surface area contributed by atoms with Gasteiger partial charge in [-0.05, 0) is 36.8 Å². The summed E-state index contributed by atoms with van der Waals surface area (Å²) in [4.78, 5) is 22.2. The third kappa shape index (κ3) is 3.39. The highest BCUT2D eigenvalue weighted by atomic mass is 16.5. The average molecular weight is 285 g/mol. The van der Waals surface area contributed by atoms with E-state index in [2.05, 4.69) is 0 Å². The van der Waals surface area contributed by atoms with Crippen LogP contribution in [0.1, 0.15) is 31.8 Å². The van der Waals surface area contributed by atoms with Crippen molar-refractivity contribution in [1.29, 1.82) is 0 Å². The second kappa shape index (κ2) is 6.09. The fraction of sp³-hybridized carbons (Fsp3) is 0.125. The molecule has 0 unspecified atom stereocenters. The number of benzene rings is 2. The van der Waals surface area contributed by atoms with Crippen molar-refractivity contribution in [1.82, 2.24) is 0 Å². The van der Waals surface area contributed by atoms with E-state index in [0.29, 0.717) is 16.9 Å². The first-order valence-electron chi connectivity index (χ1n) is 6.33. The quantitative estimate of drug-likeness (QED) is 0.882. The number of nitrogens with two attached hydrogens (primary N) is 1. The Labute approximate surface area is 122 Å². The minimum atomic E-state index is -0.992. The fourth-order valence-electron chi connectivity index (χ4n) is 1.98. The molecule has 0 heterocycles. The first-order chi connectivity index (χ1) is 9.99. The minimum Gasteiger partial charge on any atom is -0.489 e. The van der Waals surface area contributed by atoms with Crippen LogP contribution in [0.25, 0.3) is 0 Å². The number of carboxylic acids is 1. The van der Waals surface area contributed by atoms with Crippen molar-refractivity contribution in [2.45, 2.75) is 13.5 Å². The largest absolute Gasteiger partial charge is 0.489 e. The van der Waals surface area contributed by atoms with E-state index in [-0.39, 0.29) is 12.2 Å². The summed E-state index contributed by atoms with van der Waals surface area (Å²) in [6.45, 7) is 1.92. The molecule has 0 fully saturated rings. The summed E-state index contributed by atoms with van der Waals surface area (Å²) in [6.07, 6.45) is 0. The van der Waals surface area contributed by atoms with Gasteiger partial charge in [0, 0.05) is 11.1 Å². The van der Waals surface area contributed by atoms with Gasteiger partial charge in [-0.3, -0.25) is 4.79 Å². The van der Waals surface area contributed by atoms with Gasteiger partial charge >= 0.3 is 5.97 Å². The molecule has 0 atom stereocenters. The van der Waals surface area contributed by atoms with E-state index in [0.717, 1.165) is 5.56 Å². The molecule has 5 nitrogen and oxygen atoms in total. The number of carboxylic acid groups (broad SMARTS) is 1. The molecule has 108 valence electrons. The van der Waals surface area contributed by atoms with Crippen LogP contribution in [0.4, 0.5) is 0 Å². The molecule has 3 N–H and O–H groups in total.